The Morgan fingerprint density at radius 2 is 2.03 bits per heavy atom. The van der Waals surface area contributed by atoms with Gasteiger partial charge < -0.3 is 15.2 Å². The quantitative estimate of drug-likeness (QED) is 0.640. The van der Waals surface area contributed by atoms with Crippen molar-refractivity contribution in [1.82, 2.24) is 19.4 Å². The first-order chi connectivity index (χ1) is 15.1. The monoisotopic (exact) mass is 448 g/mol. The summed E-state index contributed by atoms with van der Waals surface area (Å²) in [5, 5.41) is 2.86. The van der Waals surface area contributed by atoms with Crippen molar-refractivity contribution in [2.75, 3.05) is 36.4 Å². The fraction of sp³-hybridized carbons (Fsp3) is 0.381. The molecule has 0 spiro atoms. The number of anilines is 2. The predicted molar refractivity (Wildman–Crippen MR) is 115 cm³/mol. The van der Waals surface area contributed by atoms with Crippen LogP contribution >= 0.6 is 0 Å². The third-order valence-electron chi connectivity index (χ3n) is 5.70. The Hall–Kier alpha value is -3.34. The van der Waals surface area contributed by atoms with E-state index in [1.807, 2.05) is 16.7 Å². The summed E-state index contributed by atoms with van der Waals surface area (Å²) in [7, 11) is 1.65. The van der Waals surface area contributed by atoms with Crippen LogP contribution in [0.5, 0.6) is 0 Å². The zero-order valence-electron chi connectivity index (χ0n) is 17.6. The number of nitrogens with one attached hydrogen (secondary N) is 2. The number of hydrogen-bond donors (Lipinski definition) is 2. The lowest BCUT2D eigenvalue weighted by Gasteiger charge is -2.40. The molecule has 1 saturated heterocycles. The molecule has 2 N–H and O–H groups in total. The molecule has 1 aliphatic heterocycles. The van der Waals surface area contributed by atoms with E-state index in [0.717, 1.165) is 12.3 Å². The van der Waals surface area contributed by atoms with Crippen molar-refractivity contribution in [3.63, 3.8) is 0 Å². The fourth-order valence-electron chi connectivity index (χ4n) is 3.87. The zero-order chi connectivity index (χ0) is 23.0. The van der Waals surface area contributed by atoms with E-state index in [1.165, 1.54) is 10.6 Å². The molecule has 0 saturated carbocycles. The average Bonchev–Trinajstić information content (AvgIpc) is 3.02. The van der Waals surface area contributed by atoms with E-state index in [2.05, 4.69) is 15.3 Å². The summed E-state index contributed by atoms with van der Waals surface area (Å²) in [4.78, 5) is 34.9. The van der Waals surface area contributed by atoms with E-state index in [-0.39, 0.29) is 24.2 Å². The molecule has 0 bridgehead atoms. The van der Waals surface area contributed by atoms with Gasteiger partial charge >= 0.3 is 11.9 Å². The molecule has 1 atom stereocenters. The third kappa shape index (κ3) is 4.47. The molecule has 3 heterocycles. The van der Waals surface area contributed by atoms with Gasteiger partial charge in [0.05, 0.1) is 23.1 Å². The number of fused-ring (bicyclic) bond motifs is 1. The number of piperazine rings is 1. The van der Waals surface area contributed by atoms with Crippen molar-refractivity contribution in [2.24, 2.45) is 7.05 Å². The van der Waals surface area contributed by atoms with Crippen molar-refractivity contribution >= 4 is 28.4 Å². The van der Waals surface area contributed by atoms with E-state index in [4.69, 9.17) is 0 Å². The largest absolute Gasteiger partial charge is 0.417 e. The third-order valence-corrected chi connectivity index (χ3v) is 5.70. The number of aryl methyl sites for hydroxylation is 1. The maximum atomic E-state index is 12.7. The topological polar surface area (TPSA) is 86.3 Å². The highest BCUT2D eigenvalue weighted by Crippen LogP contribution is 2.29. The summed E-state index contributed by atoms with van der Waals surface area (Å²) in [6.07, 6.45) is -3.57. The number of hydrogen-bond acceptors (Lipinski definition) is 5. The highest BCUT2D eigenvalue weighted by atomic mass is 19.4. The standard InChI is InChI=1S/C21H23F3N6O2/c1-13-11-30(18-6-3-14(10-25-18)21(22,23)24)8-7-29(13)12-19(31)26-15-4-5-16-17(9-15)28(2)20(32)27-16/h3-6,9-10,13H,7-8,11-12H2,1-2H3,(H,26,31)(H,27,32). The molecule has 11 heteroatoms. The number of nitrogens with zero attached hydrogens (tertiary/aromatic N) is 4. The molecule has 1 unspecified atom stereocenters. The van der Waals surface area contributed by atoms with Crippen molar-refractivity contribution in [3.8, 4) is 0 Å². The van der Waals surface area contributed by atoms with Crippen LogP contribution in [0.15, 0.2) is 41.3 Å². The second kappa shape index (κ2) is 8.30. The number of carbonyl (C=O) groups is 1. The summed E-state index contributed by atoms with van der Waals surface area (Å²) in [6, 6.07) is 7.62. The minimum atomic E-state index is -4.41. The van der Waals surface area contributed by atoms with Gasteiger partial charge in [0.2, 0.25) is 5.91 Å². The molecule has 0 aliphatic carbocycles. The van der Waals surface area contributed by atoms with Gasteiger partial charge in [-0.25, -0.2) is 9.78 Å². The van der Waals surface area contributed by atoms with Crippen LogP contribution in [0.2, 0.25) is 0 Å². The number of rotatable bonds is 4. The Bertz CT molecular complexity index is 1180. The average molecular weight is 448 g/mol. The Balaban J connectivity index is 1.35. The van der Waals surface area contributed by atoms with Gasteiger partial charge in [0, 0.05) is 44.6 Å². The molecular weight excluding hydrogens is 425 g/mol. The molecule has 4 rings (SSSR count). The van der Waals surface area contributed by atoms with E-state index in [9.17, 15) is 22.8 Å². The summed E-state index contributed by atoms with van der Waals surface area (Å²) in [5.74, 6) is 0.303. The van der Waals surface area contributed by atoms with Crippen LogP contribution < -0.4 is 15.9 Å². The lowest BCUT2D eigenvalue weighted by Crippen LogP contribution is -2.54. The number of alkyl halides is 3. The molecule has 0 radical (unpaired) electrons. The van der Waals surface area contributed by atoms with Crippen molar-refractivity contribution in [2.45, 2.75) is 19.1 Å². The minimum Gasteiger partial charge on any atom is -0.354 e. The number of imidazole rings is 1. The molecule has 3 aromatic rings. The second-order valence-electron chi connectivity index (χ2n) is 7.94. The Kier molecular flexibility index (Phi) is 5.68. The number of amides is 1. The van der Waals surface area contributed by atoms with Crippen LogP contribution in [-0.2, 0) is 18.0 Å². The van der Waals surface area contributed by atoms with Crippen LogP contribution in [0, 0.1) is 0 Å². The molecule has 32 heavy (non-hydrogen) atoms. The van der Waals surface area contributed by atoms with Crippen molar-refractivity contribution < 1.29 is 18.0 Å². The molecule has 1 aromatic carbocycles. The van der Waals surface area contributed by atoms with Gasteiger partial charge in [-0.1, -0.05) is 0 Å². The lowest BCUT2D eigenvalue weighted by atomic mass is 10.1. The normalized spacial score (nSPS) is 17.7. The van der Waals surface area contributed by atoms with E-state index in [1.54, 1.807) is 25.2 Å². The molecule has 170 valence electrons. The Labute approximate surface area is 181 Å². The van der Waals surface area contributed by atoms with Crippen LogP contribution in [0.3, 0.4) is 0 Å². The first-order valence-corrected chi connectivity index (χ1v) is 10.1. The molecule has 1 amide bonds. The summed E-state index contributed by atoms with van der Waals surface area (Å²) >= 11 is 0. The molecule has 8 nitrogen and oxygen atoms in total. The molecule has 1 fully saturated rings. The summed E-state index contributed by atoms with van der Waals surface area (Å²) in [5.41, 5.74) is 0.980. The van der Waals surface area contributed by atoms with Crippen LogP contribution in [0.25, 0.3) is 11.0 Å². The predicted octanol–water partition coefficient (Wildman–Crippen LogP) is 2.43. The molecular formula is C21H23F3N6O2. The van der Waals surface area contributed by atoms with E-state index >= 15 is 0 Å². The summed E-state index contributed by atoms with van der Waals surface area (Å²) in [6.45, 7) is 3.81. The Morgan fingerprint density at radius 1 is 1.25 bits per heavy atom. The number of H-pyrrole nitrogens is 1. The second-order valence-corrected chi connectivity index (χ2v) is 7.94. The maximum absolute atomic E-state index is 12.7. The van der Waals surface area contributed by atoms with Crippen LogP contribution in [-0.4, -0.2) is 57.6 Å². The number of aromatic nitrogens is 3. The van der Waals surface area contributed by atoms with Gasteiger partial charge in [0.1, 0.15) is 5.82 Å². The first-order valence-electron chi connectivity index (χ1n) is 10.1. The highest BCUT2D eigenvalue weighted by Gasteiger charge is 2.31. The van der Waals surface area contributed by atoms with Crippen LogP contribution in [0.1, 0.15) is 12.5 Å². The van der Waals surface area contributed by atoms with Crippen LogP contribution in [0.4, 0.5) is 24.7 Å². The van der Waals surface area contributed by atoms with Gasteiger partial charge in [-0.2, -0.15) is 13.2 Å². The smallest absolute Gasteiger partial charge is 0.354 e. The summed E-state index contributed by atoms with van der Waals surface area (Å²) < 4.78 is 39.7. The zero-order valence-corrected chi connectivity index (χ0v) is 17.6. The lowest BCUT2D eigenvalue weighted by molar-refractivity contribution is -0.137. The van der Waals surface area contributed by atoms with E-state index in [0.29, 0.717) is 42.2 Å². The fourth-order valence-corrected chi connectivity index (χ4v) is 3.87. The molecule has 2 aromatic heterocycles. The maximum Gasteiger partial charge on any atom is 0.417 e. The van der Waals surface area contributed by atoms with Gasteiger partial charge in [0.15, 0.2) is 0 Å². The number of carbonyl (C=O) groups excluding carboxylic acids is 1. The van der Waals surface area contributed by atoms with Crippen molar-refractivity contribution in [1.29, 1.82) is 0 Å². The van der Waals surface area contributed by atoms with Gasteiger partial charge in [-0.15, -0.1) is 0 Å². The number of halogens is 3. The van der Waals surface area contributed by atoms with Crippen molar-refractivity contribution in [3.05, 3.63) is 52.6 Å². The Morgan fingerprint density at radius 3 is 2.69 bits per heavy atom. The van der Waals surface area contributed by atoms with Gasteiger partial charge in [0.25, 0.3) is 0 Å². The van der Waals surface area contributed by atoms with Gasteiger partial charge in [-0.05, 0) is 37.3 Å². The van der Waals surface area contributed by atoms with Gasteiger partial charge in [-0.3, -0.25) is 14.3 Å². The first kappa shape index (κ1) is 21.9. The highest BCUT2D eigenvalue weighted by molar-refractivity contribution is 5.94. The number of pyridine rings is 1. The number of aromatic amines is 1. The molecule has 1 aliphatic rings. The SMILES string of the molecule is CC1CN(c2ccc(C(F)(F)F)cn2)CCN1CC(=O)Nc1ccc2[nH]c(=O)n(C)c2c1. The number of benzene rings is 1. The van der Waals surface area contributed by atoms with E-state index < -0.39 is 11.7 Å². The minimum absolute atomic E-state index is 0.00608.